The minimum absolute atomic E-state index is 0.0431. The van der Waals surface area contributed by atoms with Crippen LogP contribution < -0.4 is 11.1 Å². The maximum absolute atomic E-state index is 11.8. The van der Waals surface area contributed by atoms with E-state index in [0.717, 1.165) is 25.7 Å². The summed E-state index contributed by atoms with van der Waals surface area (Å²) in [6.45, 7) is 6.21. The van der Waals surface area contributed by atoms with Crippen molar-refractivity contribution in [1.82, 2.24) is 5.32 Å². The van der Waals surface area contributed by atoms with E-state index in [1.807, 2.05) is 20.8 Å². The van der Waals surface area contributed by atoms with E-state index in [2.05, 4.69) is 5.32 Å². The minimum Gasteiger partial charge on any atom is -0.361 e. The Kier molecular flexibility index (Phi) is 5.40. The van der Waals surface area contributed by atoms with Gasteiger partial charge in [0.15, 0.2) is 0 Å². The second kappa shape index (κ2) is 6.36. The van der Waals surface area contributed by atoms with Crippen LogP contribution in [0.2, 0.25) is 0 Å². The SMILES string of the molecule is CC(C)NC(=O)C(C)OC1(CN)CCCCC1. The molecule has 0 heterocycles. The van der Waals surface area contributed by atoms with Gasteiger partial charge in [-0.3, -0.25) is 4.79 Å². The van der Waals surface area contributed by atoms with Crippen LogP contribution in [0.3, 0.4) is 0 Å². The van der Waals surface area contributed by atoms with Gasteiger partial charge in [0.05, 0.1) is 5.60 Å². The predicted molar refractivity (Wildman–Crippen MR) is 68.7 cm³/mol. The quantitative estimate of drug-likeness (QED) is 0.769. The molecule has 0 aromatic heterocycles. The maximum atomic E-state index is 11.8. The molecule has 1 aliphatic carbocycles. The molecule has 1 aliphatic rings. The highest BCUT2D eigenvalue weighted by molar-refractivity contribution is 5.80. The summed E-state index contributed by atoms with van der Waals surface area (Å²) in [4.78, 5) is 11.8. The lowest BCUT2D eigenvalue weighted by molar-refractivity contribution is -0.149. The molecule has 0 aromatic rings. The van der Waals surface area contributed by atoms with E-state index in [0.29, 0.717) is 6.54 Å². The lowest BCUT2D eigenvalue weighted by atomic mass is 9.84. The first kappa shape index (κ1) is 14.5. The van der Waals surface area contributed by atoms with Crippen LogP contribution in [-0.2, 0) is 9.53 Å². The third-order valence-electron chi connectivity index (χ3n) is 3.36. The third kappa shape index (κ3) is 4.28. The van der Waals surface area contributed by atoms with Gasteiger partial charge in [0.25, 0.3) is 0 Å². The van der Waals surface area contributed by atoms with Gasteiger partial charge >= 0.3 is 0 Å². The molecule has 0 bridgehead atoms. The van der Waals surface area contributed by atoms with E-state index >= 15 is 0 Å². The van der Waals surface area contributed by atoms with Crippen LogP contribution >= 0.6 is 0 Å². The average molecular weight is 242 g/mol. The minimum atomic E-state index is -0.418. The number of carbonyl (C=O) groups excluding carboxylic acids is 1. The summed E-state index contributed by atoms with van der Waals surface area (Å²) in [6, 6.07) is 0.147. The number of nitrogens with two attached hydrogens (primary N) is 1. The van der Waals surface area contributed by atoms with Gasteiger partial charge in [-0.1, -0.05) is 19.3 Å². The molecule has 1 rings (SSSR count). The monoisotopic (exact) mass is 242 g/mol. The van der Waals surface area contributed by atoms with Crippen molar-refractivity contribution < 1.29 is 9.53 Å². The van der Waals surface area contributed by atoms with Gasteiger partial charge in [-0.2, -0.15) is 0 Å². The number of ether oxygens (including phenoxy) is 1. The number of rotatable bonds is 5. The van der Waals surface area contributed by atoms with Crippen LogP contribution in [0.1, 0.15) is 52.9 Å². The standard InChI is InChI=1S/C13H26N2O2/c1-10(2)15-12(16)11(3)17-13(9-14)7-5-4-6-8-13/h10-11H,4-9,14H2,1-3H3,(H,15,16). The van der Waals surface area contributed by atoms with E-state index in [1.54, 1.807) is 0 Å². The van der Waals surface area contributed by atoms with E-state index in [9.17, 15) is 4.79 Å². The second-order valence-corrected chi connectivity index (χ2v) is 5.37. The molecular weight excluding hydrogens is 216 g/mol. The fraction of sp³-hybridized carbons (Fsp3) is 0.923. The summed E-state index contributed by atoms with van der Waals surface area (Å²) in [5, 5.41) is 2.87. The first-order chi connectivity index (χ1) is 7.99. The molecule has 0 spiro atoms. The Bertz CT molecular complexity index is 248. The maximum Gasteiger partial charge on any atom is 0.249 e. The highest BCUT2D eigenvalue weighted by Crippen LogP contribution is 2.31. The predicted octanol–water partition coefficient (Wildman–Crippen LogP) is 1.58. The molecule has 1 fully saturated rings. The molecule has 0 radical (unpaired) electrons. The molecule has 17 heavy (non-hydrogen) atoms. The summed E-state index contributed by atoms with van der Waals surface area (Å²) in [5.74, 6) is -0.0431. The number of hydrogen-bond acceptors (Lipinski definition) is 3. The van der Waals surface area contributed by atoms with Gasteiger partial charge in [-0.05, 0) is 33.6 Å². The molecular formula is C13H26N2O2. The average Bonchev–Trinajstić information content (AvgIpc) is 2.29. The molecule has 4 nitrogen and oxygen atoms in total. The van der Waals surface area contributed by atoms with Crippen molar-refractivity contribution in [2.45, 2.75) is 70.6 Å². The Labute approximate surface area is 104 Å². The molecule has 0 saturated heterocycles. The van der Waals surface area contributed by atoms with Crippen molar-refractivity contribution in [3.63, 3.8) is 0 Å². The van der Waals surface area contributed by atoms with Crippen molar-refractivity contribution in [3.05, 3.63) is 0 Å². The number of nitrogens with one attached hydrogen (secondary N) is 1. The Morgan fingerprint density at radius 1 is 1.29 bits per heavy atom. The van der Waals surface area contributed by atoms with Gasteiger partial charge in [-0.15, -0.1) is 0 Å². The first-order valence-electron chi connectivity index (χ1n) is 6.67. The van der Waals surface area contributed by atoms with Crippen LogP contribution in [0.15, 0.2) is 0 Å². The molecule has 0 aliphatic heterocycles. The van der Waals surface area contributed by atoms with Gasteiger partial charge in [-0.25, -0.2) is 0 Å². The van der Waals surface area contributed by atoms with Crippen LogP contribution in [0.4, 0.5) is 0 Å². The van der Waals surface area contributed by atoms with Crippen molar-refractivity contribution in [3.8, 4) is 0 Å². The van der Waals surface area contributed by atoms with Crippen LogP contribution in [0, 0.1) is 0 Å². The number of amides is 1. The second-order valence-electron chi connectivity index (χ2n) is 5.37. The Morgan fingerprint density at radius 3 is 2.35 bits per heavy atom. The van der Waals surface area contributed by atoms with Crippen molar-refractivity contribution in [1.29, 1.82) is 0 Å². The molecule has 1 amide bonds. The van der Waals surface area contributed by atoms with Crippen molar-refractivity contribution >= 4 is 5.91 Å². The van der Waals surface area contributed by atoms with E-state index in [-0.39, 0.29) is 17.6 Å². The largest absolute Gasteiger partial charge is 0.361 e. The summed E-state index contributed by atoms with van der Waals surface area (Å²) < 4.78 is 5.95. The fourth-order valence-corrected chi connectivity index (χ4v) is 2.40. The third-order valence-corrected chi connectivity index (χ3v) is 3.36. The zero-order chi connectivity index (χ0) is 12.9. The lowest BCUT2D eigenvalue weighted by Gasteiger charge is -2.38. The van der Waals surface area contributed by atoms with E-state index < -0.39 is 6.10 Å². The molecule has 0 aromatic carbocycles. The summed E-state index contributed by atoms with van der Waals surface area (Å²) in [7, 11) is 0. The molecule has 3 N–H and O–H groups in total. The van der Waals surface area contributed by atoms with Gasteiger partial charge in [0, 0.05) is 12.6 Å². The molecule has 4 heteroatoms. The molecule has 1 unspecified atom stereocenters. The number of carbonyl (C=O) groups is 1. The smallest absolute Gasteiger partial charge is 0.249 e. The van der Waals surface area contributed by atoms with Gasteiger partial charge < -0.3 is 15.8 Å². The summed E-state index contributed by atoms with van der Waals surface area (Å²) in [6.07, 6.45) is 5.08. The Hall–Kier alpha value is -0.610. The first-order valence-corrected chi connectivity index (χ1v) is 6.67. The molecule has 1 saturated carbocycles. The zero-order valence-corrected chi connectivity index (χ0v) is 11.3. The van der Waals surface area contributed by atoms with Crippen LogP contribution in [0.5, 0.6) is 0 Å². The van der Waals surface area contributed by atoms with Crippen molar-refractivity contribution in [2.24, 2.45) is 5.73 Å². The lowest BCUT2D eigenvalue weighted by Crippen LogP contribution is -2.49. The van der Waals surface area contributed by atoms with Crippen LogP contribution in [-0.4, -0.2) is 30.2 Å². The highest BCUT2D eigenvalue weighted by atomic mass is 16.5. The van der Waals surface area contributed by atoms with E-state index in [1.165, 1.54) is 6.42 Å². The van der Waals surface area contributed by atoms with Gasteiger partial charge in [0.1, 0.15) is 6.10 Å². The molecule has 100 valence electrons. The normalized spacial score (nSPS) is 21.2. The van der Waals surface area contributed by atoms with Gasteiger partial charge in [0.2, 0.25) is 5.91 Å². The molecule has 1 atom stereocenters. The fourth-order valence-electron chi connectivity index (χ4n) is 2.40. The number of hydrogen-bond donors (Lipinski definition) is 2. The van der Waals surface area contributed by atoms with Crippen LogP contribution in [0.25, 0.3) is 0 Å². The van der Waals surface area contributed by atoms with Crippen molar-refractivity contribution in [2.75, 3.05) is 6.54 Å². The Morgan fingerprint density at radius 2 is 1.88 bits per heavy atom. The summed E-state index contributed by atoms with van der Waals surface area (Å²) >= 11 is 0. The topological polar surface area (TPSA) is 64.3 Å². The van der Waals surface area contributed by atoms with E-state index in [4.69, 9.17) is 10.5 Å². The Balaban J connectivity index is 2.52. The summed E-state index contributed by atoms with van der Waals surface area (Å²) in [5.41, 5.74) is 5.56. The highest BCUT2D eigenvalue weighted by Gasteiger charge is 2.34. The zero-order valence-electron chi connectivity index (χ0n) is 11.3.